The largest absolute Gasteiger partial charge is 0.353 e. The molecular formula is C24H33FN4O3S. The minimum Gasteiger partial charge on any atom is -0.353 e. The third kappa shape index (κ3) is 4.88. The number of amides is 1. The predicted octanol–water partition coefficient (Wildman–Crippen LogP) is 3.66. The standard InChI is InChI=1S/C24H33FN4O3S/c1-14(2)15(3)22(30)27-17-4-6-18(7-5-17)29-23(31)20-12-16(25)13-26-21(20)28(24(29)32)19-8-10-33-11-9-19/h12-15,17-19H,4-11H2,1-3H3,(H,27,30)/t15?,17-,18+. The Kier molecular flexibility index (Phi) is 7.26. The van der Waals surface area contributed by atoms with Crippen LogP contribution in [0.5, 0.6) is 0 Å². The molecule has 2 fully saturated rings. The van der Waals surface area contributed by atoms with Crippen LogP contribution in [0, 0.1) is 17.7 Å². The summed E-state index contributed by atoms with van der Waals surface area (Å²) in [5.74, 6) is 1.56. The third-order valence-corrected chi connectivity index (χ3v) is 8.35. The van der Waals surface area contributed by atoms with Crippen molar-refractivity contribution in [3.8, 4) is 0 Å². The lowest BCUT2D eigenvalue weighted by Gasteiger charge is -2.32. The molecule has 2 aromatic rings. The summed E-state index contributed by atoms with van der Waals surface area (Å²) < 4.78 is 17.0. The van der Waals surface area contributed by atoms with Crippen LogP contribution in [0.2, 0.25) is 0 Å². The number of pyridine rings is 1. The van der Waals surface area contributed by atoms with Crippen molar-refractivity contribution in [2.75, 3.05) is 11.5 Å². The molecule has 0 spiro atoms. The fourth-order valence-corrected chi connectivity index (χ4v) is 5.99. The number of carbonyl (C=O) groups excluding carboxylic acids is 1. The first-order valence-electron chi connectivity index (χ1n) is 12.0. The zero-order valence-electron chi connectivity index (χ0n) is 19.6. The third-order valence-electron chi connectivity index (χ3n) is 7.30. The minimum absolute atomic E-state index is 0.0424. The fraction of sp³-hybridized carbons (Fsp3) is 0.667. The van der Waals surface area contributed by atoms with Gasteiger partial charge in [-0.1, -0.05) is 20.8 Å². The van der Waals surface area contributed by atoms with E-state index >= 15 is 0 Å². The first kappa shape index (κ1) is 24.0. The molecule has 1 unspecified atom stereocenters. The first-order chi connectivity index (χ1) is 15.8. The number of hydrogen-bond donors (Lipinski definition) is 1. The maximum absolute atomic E-state index is 14.0. The van der Waals surface area contributed by atoms with Gasteiger partial charge in [-0.05, 0) is 62.0 Å². The van der Waals surface area contributed by atoms with Crippen LogP contribution in [0.25, 0.3) is 11.0 Å². The molecule has 1 aliphatic carbocycles. The Morgan fingerprint density at radius 2 is 1.70 bits per heavy atom. The van der Waals surface area contributed by atoms with Crippen LogP contribution < -0.4 is 16.6 Å². The maximum Gasteiger partial charge on any atom is 0.333 e. The summed E-state index contributed by atoms with van der Waals surface area (Å²) in [6, 6.07) is 0.938. The zero-order chi connectivity index (χ0) is 23.7. The number of rotatable bonds is 5. The summed E-state index contributed by atoms with van der Waals surface area (Å²) in [6.07, 6.45) is 5.36. The monoisotopic (exact) mass is 476 g/mol. The molecule has 180 valence electrons. The average Bonchev–Trinajstić information content (AvgIpc) is 2.81. The lowest BCUT2D eigenvalue weighted by molar-refractivity contribution is -0.126. The number of nitrogens with zero attached hydrogens (tertiary/aromatic N) is 3. The van der Waals surface area contributed by atoms with Gasteiger partial charge in [-0.15, -0.1) is 0 Å². The number of aromatic nitrogens is 3. The van der Waals surface area contributed by atoms with Gasteiger partial charge < -0.3 is 5.32 Å². The van der Waals surface area contributed by atoms with Crippen LogP contribution in [0.1, 0.15) is 71.4 Å². The Balaban J connectivity index is 1.64. The maximum atomic E-state index is 14.0. The molecule has 0 bridgehead atoms. The normalized spacial score (nSPS) is 23.1. The van der Waals surface area contributed by atoms with E-state index in [-0.39, 0.29) is 52.6 Å². The molecule has 1 N–H and O–H groups in total. The van der Waals surface area contributed by atoms with Gasteiger partial charge in [-0.3, -0.25) is 18.7 Å². The number of hydrogen-bond acceptors (Lipinski definition) is 5. The van der Waals surface area contributed by atoms with Gasteiger partial charge in [0.05, 0.1) is 11.6 Å². The van der Waals surface area contributed by atoms with E-state index in [4.69, 9.17) is 0 Å². The zero-order valence-corrected chi connectivity index (χ0v) is 20.4. The first-order valence-corrected chi connectivity index (χ1v) is 13.1. The molecule has 0 radical (unpaired) electrons. The van der Waals surface area contributed by atoms with Crippen molar-refractivity contribution in [1.29, 1.82) is 0 Å². The van der Waals surface area contributed by atoms with Gasteiger partial charge in [0.25, 0.3) is 5.56 Å². The number of nitrogens with one attached hydrogen (secondary N) is 1. The molecule has 3 heterocycles. The van der Waals surface area contributed by atoms with Gasteiger partial charge >= 0.3 is 5.69 Å². The number of carbonyl (C=O) groups is 1. The second-order valence-corrected chi connectivity index (χ2v) is 11.0. The highest BCUT2D eigenvalue weighted by atomic mass is 32.2. The molecule has 1 amide bonds. The topological polar surface area (TPSA) is 86.0 Å². The van der Waals surface area contributed by atoms with Gasteiger partial charge in [-0.2, -0.15) is 11.8 Å². The van der Waals surface area contributed by atoms with E-state index in [9.17, 15) is 18.8 Å². The van der Waals surface area contributed by atoms with E-state index in [0.717, 1.165) is 30.5 Å². The fourth-order valence-electron chi connectivity index (χ4n) is 4.91. The lowest BCUT2D eigenvalue weighted by atomic mass is 9.89. The Bertz CT molecular complexity index is 1130. The molecule has 1 atom stereocenters. The molecule has 2 aliphatic rings. The molecule has 4 rings (SSSR count). The second kappa shape index (κ2) is 9.99. The molecule has 7 nitrogen and oxygen atoms in total. The summed E-state index contributed by atoms with van der Waals surface area (Å²) in [7, 11) is 0. The highest BCUT2D eigenvalue weighted by molar-refractivity contribution is 7.99. The van der Waals surface area contributed by atoms with Crippen LogP contribution >= 0.6 is 11.8 Å². The van der Waals surface area contributed by atoms with Crippen LogP contribution in [-0.2, 0) is 4.79 Å². The van der Waals surface area contributed by atoms with Crippen molar-refractivity contribution in [3.05, 3.63) is 38.9 Å². The number of fused-ring (bicyclic) bond motifs is 1. The highest BCUT2D eigenvalue weighted by Gasteiger charge is 2.30. The van der Waals surface area contributed by atoms with Gasteiger partial charge in [-0.25, -0.2) is 14.2 Å². The highest BCUT2D eigenvalue weighted by Crippen LogP contribution is 2.30. The minimum atomic E-state index is -0.582. The summed E-state index contributed by atoms with van der Waals surface area (Å²) >= 11 is 1.85. The van der Waals surface area contributed by atoms with Crippen LogP contribution in [0.15, 0.2) is 21.9 Å². The van der Waals surface area contributed by atoms with Gasteiger partial charge in [0.1, 0.15) is 11.5 Å². The number of thioether (sulfide) groups is 1. The average molecular weight is 477 g/mol. The molecule has 1 saturated heterocycles. The van der Waals surface area contributed by atoms with Crippen molar-refractivity contribution in [1.82, 2.24) is 19.4 Å². The smallest absolute Gasteiger partial charge is 0.333 e. The molecular weight excluding hydrogens is 443 g/mol. The van der Waals surface area contributed by atoms with Crippen LogP contribution in [0.3, 0.4) is 0 Å². The van der Waals surface area contributed by atoms with Crippen LogP contribution in [-0.4, -0.2) is 37.6 Å². The van der Waals surface area contributed by atoms with Gasteiger partial charge in [0, 0.05) is 24.0 Å². The number of halogens is 1. The van der Waals surface area contributed by atoms with Gasteiger partial charge in [0.2, 0.25) is 5.91 Å². The summed E-state index contributed by atoms with van der Waals surface area (Å²) in [6.45, 7) is 5.99. The van der Waals surface area contributed by atoms with E-state index in [1.807, 2.05) is 32.5 Å². The van der Waals surface area contributed by atoms with Gasteiger partial charge in [0.15, 0.2) is 0 Å². The van der Waals surface area contributed by atoms with Crippen molar-refractivity contribution >= 4 is 28.7 Å². The van der Waals surface area contributed by atoms with E-state index in [0.29, 0.717) is 25.7 Å². The SMILES string of the molecule is CC(C)C(C)C(=O)N[C@H]1CC[C@@H](n2c(=O)c3cc(F)cnc3n(C3CCSCC3)c2=O)CC1. The predicted molar refractivity (Wildman–Crippen MR) is 129 cm³/mol. The summed E-state index contributed by atoms with van der Waals surface area (Å²) in [5, 5.41) is 3.29. The van der Waals surface area contributed by atoms with Crippen molar-refractivity contribution < 1.29 is 9.18 Å². The Hall–Kier alpha value is -2.16. The molecule has 1 aliphatic heterocycles. The lowest BCUT2D eigenvalue weighted by Crippen LogP contribution is -2.47. The van der Waals surface area contributed by atoms with E-state index in [1.165, 1.54) is 10.6 Å². The Morgan fingerprint density at radius 1 is 1.06 bits per heavy atom. The summed E-state index contributed by atoms with van der Waals surface area (Å²) in [4.78, 5) is 43.6. The molecule has 9 heteroatoms. The Morgan fingerprint density at radius 3 is 2.33 bits per heavy atom. The molecule has 2 aromatic heterocycles. The van der Waals surface area contributed by atoms with Crippen molar-refractivity contribution in [3.63, 3.8) is 0 Å². The molecule has 0 aromatic carbocycles. The summed E-state index contributed by atoms with van der Waals surface area (Å²) in [5.41, 5.74) is -0.531. The van der Waals surface area contributed by atoms with Crippen molar-refractivity contribution in [2.45, 2.75) is 77.4 Å². The van der Waals surface area contributed by atoms with E-state index in [1.54, 1.807) is 4.57 Å². The van der Waals surface area contributed by atoms with Crippen LogP contribution in [0.4, 0.5) is 4.39 Å². The quantitative estimate of drug-likeness (QED) is 0.712. The molecule has 1 saturated carbocycles. The molecule has 33 heavy (non-hydrogen) atoms. The Labute approximate surface area is 197 Å². The van der Waals surface area contributed by atoms with Crippen molar-refractivity contribution in [2.24, 2.45) is 11.8 Å². The second-order valence-electron chi connectivity index (χ2n) is 9.74. The van der Waals surface area contributed by atoms with E-state index < -0.39 is 11.4 Å². The van der Waals surface area contributed by atoms with E-state index in [2.05, 4.69) is 10.3 Å².